The standard InChI is InChI=1S/C26H34N4O4S.C2HF3O2/c1-8-30-20(6)22(19(5)27-30)11-12-29(7)24-10-9-21(15-23(24)26(31)32)28-35(33,34)25-17(3)13-16(2)14-18(25)4;3-2(4,5)1(6)7/h9-10,13-15,28H,8,11-12H2,1-7H3,(H,31,32);(H,6,7). The van der Waals surface area contributed by atoms with Gasteiger partial charge in [0.25, 0.3) is 10.0 Å². The van der Waals surface area contributed by atoms with Gasteiger partial charge in [-0.2, -0.15) is 18.3 Å². The zero-order chi connectivity index (χ0) is 32.2. The number of halogens is 3. The lowest BCUT2D eigenvalue weighted by Gasteiger charge is -2.22. The van der Waals surface area contributed by atoms with E-state index in [0.717, 1.165) is 29.1 Å². The summed E-state index contributed by atoms with van der Waals surface area (Å²) in [6.07, 6.45) is -4.37. The highest BCUT2D eigenvalue weighted by atomic mass is 32.2. The topological polar surface area (TPSA) is 142 Å². The number of likely N-dealkylation sites (N-methyl/N-ethyl adjacent to an activating group) is 1. The minimum absolute atomic E-state index is 0.0303. The number of aromatic carboxylic acids is 1. The van der Waals surface area contributed by atoms with Gasteiger partial charge in [-0.05, 0) is 82.9 Å². The Bertz CT molecular complexity index is 1560. The SMILES string of the molecule is CCn1nc(C)c(CCN(C)c2ccc(NS(=O)(=O)c3c(C)cc(C)cc3C)cc2C(=O)O)c1C.O=C(O)C(F)(F)F. The highest BCUT2D eigenvalue weighted by Gasteiger charge is 2.38. The molecule has 3 N–H and O–H groups in total. The summed E-state index contributed by atoms with van der Waals surface area (Å²) in [5.74, 6) is -3.88. The van der Waals surface area contributed by atoms with Gasteiger partial charge in [0.05, 0.1) is 21.8 Å². The van der Waals surface area contributed by atoms with Gasteiger partial charge in [-0.15, -0.1) is 0 Å². The fraction of sp³-hybridized carbons (Fsp3) is 0.393. The molecule has 2 aromatic carbocycles. The third-order valence-corrected chi connectivity index (χ3v) is 8.22. The summed E-state index contributed by atoms with van der Waals surface area (Å²) in [5, 5.41) is 21.5. The Morgan fingerprint density at radius 3 is 2.02 bits per heavy atom. The van der Waals surface area contributed by atoms with Crippen LogP contribution in [-0.4, -0.2) is 60.1 Å². The van der Waals surface area contributed by atoms with Crippen molar-refractivity contribution < 1.29 is 41.4 Å². The number of carboxylic acid groups (broad SMARTS) is 2. The molecule has 1 heterocycles. The zero-order valence-electron chi connectivity index (χ0n) is 24.4. The van der Waals surface area contributed by atoms with Crippen LogP contribution in [0.4, 0.5) is 24.5 Å². The Labute approximate surface area is 242 Å². The maximum atomic E-state index is 13.1. The third-order valence-electron chi connectivity index (χ3n) is 6.53. The summed E-state index contributed by atoms with van der Waals surface area (Å²) in [4.78, 5) is 23.0. The number of anilines is 2. The summed E-state index contributed by atoms with van der Waals surface area (Å²) in [6.45, 7) is 12.9. The predicted octanol–water partition coefficient (Wildman–Crippen LogP) is 5.26. The number of nitrogens with one attached hydrogen (secondary N) is 1. The number of alkyl halides is 3. The van der Waals surface area contributed by atoms with Gasteiger partial charge in [-0.25, -0.2) is 18.0 Å². The lowest BCUT2D eigenvalue weighted by Crippen LogP contribution is -2.23. The molecule has 0 saturated heterocycles. The van der Waals surface area contributed by atoms with Gasteiger partial charge in [0.15, 0.2) is 0 Å². The minimum atomic E-state index is -5.08. The zero-order valence-corrected chi connectivity index (χ0v) is 25.2. The van der Waals surface area contributed by atoms with Crippen LogP contribution in [0.1, 0.15) is 50.9 Å². The second-order valence-electron chi connectivity index (χ2n) is 9.81. The van der Waals surface area contributed by atoms with Crippen LogP contribution in [-0.2, 0) is 27.8 Å². The number of sulfonamides is 1. The number of carboxylic acids is 2. The molecule has 0 radical (unpaired) electrons. The maximum absolute atomic E-state index is 13.1. The number of hydrogen-bond acceptors (Lipinski definition) is 6. The van der Waals surface area contributed by atoms with E-state index in [1.807, 2.05) is 56.5 Å². The van der Waals surface area contributed by atoms with E-state index in [0.29, 0.717) is 29.8 Å². The van der Waals surface area contributed by atoms with E-state index in [9.17, 15) is 31.5 Å². The van der Waals surface area contributed by atoms with Crippen molar-refractivity contribution in [2.24, 2.45) is 0 Å². The summed E-state index contributed by atoms with van der Waals surface area (Å²) >= 11 is 0. The van der Waals surface area contributed by atoms with Crippen molar-refractivity contribution in [3.05, 3.63) is 69.5 Å². The van der Waals surface area contributed by atoms with Gasteiger partial charge in [-0.3, -0.25) is 9.40 Å². The molecule has 1 aromatic heterocycles. The minimum Gasteiger partial charge on any atom is -0.478 e. The number of aromatic nitrogens is 2. The molecular formula is C28H35F3N4O6S. The number of rotatable bonds is 9. The Kier molecular flexibility index (Phi) is 10.8. The Hall–Kier alpha value is -4.07. The molecule has 0 spiro atoms. The molecule has 0 aliphatic heterocycles. The second kappa shape index (κ2) is 13.3. The van der Waals surface area contributed by atoms with E-state index in [-0.39, 0.29) is 16.1 Å². The molecule has 0 fully saturated rings. The van der Waals surface area contributed by atoms with Crippen LogP contribution in [0.3, 0.4) is 0 Å². The first-order valence-electron chi connectivity index (χ1n) is 12.8. The van der Waals surface area contributed by atoms with Crippen molar-refractivity contribution in [1.29, 1.82) is 0 Å². The summed E-state index contributed by atoms with van der Waals surface area (Å²) in [5.41, 5.74) is 6.25. The average molecular weight is 613 g/mol. The third kappa shape index (κ3) is 8.24. The number of aryl methyl sites for hydroxylation is 5. The molecule has 230 valence electrons. The summed E-state index contributed by atoms with van der Waals surface area (Å²) in [7, 11) is -2.06. The molecule has 14 heteroatoms. The summed E-state index contributed by atoms with van der Waals surface area (Å²) < 4.78 is 62.5. The normalized spacial score (nSPS) is 11.5. The van der Waals surface area contributed by atoms with E-state index in [1.54, 1.807) is 26.0 Å². The van der Waals surface area contributed by atoms with Crippen LogP contribution >= 0.6 is 0 Å². The number of benzene rings is 2. The molecule has 0 aliphatic carbocycles. The number of carbonyl (C=O) groups is 2. The Balaban J connectivity index is 0.000000782. The Morgan fingerprint density at radius 2 is 1.57 bits per heavy atom. The molecule has 0 unspecified atom stereocenters. The highest BCUT2D eigenvalue weighted by molar-refractivity contribution is 7.92. The van der Waals surface area contributed by atoms with Crippen LogP contribution in [0.25, 0.3) is 0 Å². The van der Waals surface area contributed by atoms with Gasteiger partial charge in [0.2, 0.25) is 0 Å². The first-order chi connectivity index (χ1) is 19.3. The molecule has 3 rings (SSSR count). The second-order valence-corrected chi connectivity index (χ2v) is 11.4. The first-order valence-corrected chi connectivity index (χ1v) is 14.3. The monoisotopic (exact) mass is 612 g/mol. The van der Waals surface area contributed by atoms with E-state index < -0.39 is 28.1 Å². The smallest absolute Gasteiger partial charge is 0.478 e. The molecule has 0 bridgehead atoms. The van der Waals surface area contributed by atoms with Crippen LogP contribution in [0.5, 0.6) is 0 Å². The van der Waals surface area contributed by atoms with Gasteiger partial charge in [-0.1, -0.05) is 17.7 Å². The Morgan fingerprint density at radius 1 is 1.02 bits per heavy atom. The first kappa shape index (κ1) is 34.1. The number of nitrogens with zero attached hydrogens (tertiary/aromatic N) is 3. The molecule has 10 nitrogen and oxygen atoms in total. The van der Waals surface area contributed by atoms with Crippen molar-refractivity contribution in [1.82, 2.24) is 9.78 Å². The summed E-state index contributed by atoms with van der Waals surface area (Å²) in [6, 6.07) is 8.24. The van der Waals surface area contributed by atoms with Crippen LogP contribution in [0.2, 0.25) is 0 Å². The van der Waals surface area contributed by atoms with Crippen molar-refractivity contribution in [2.45, 2.75) is 65.6 Å². The molecular weight excluding hydrogens is 577 g/mol. The number of aliphatic carboxylic acids is 1. The van der Waals surface area contributed by atoms with Gasteiger partial charge in [0, 0.05) is 31.5 Å². The van der Waals surface area contributed by atoms with Crippen LogP contribution < -0.4 is 9.62 Å². The lowest BCUT2D eigenvalue weighted by molar-refractivity contribution is -0.192. The van der Waals surface area contributed by atoms with Crippen molar-refractivity contribution in [3.63, 3.8) is 0 Å². The quantitative estimate of drug-likeness (QED) is 0.297. The van der Waals surface area contributed by atoms with Crippen LogP contribution in [0.15, 0.2) is 35.2 Å². The number of hydrogen-bond donors (Lipinski definition) is 3. The van der Waals surface area contributed by atoms with E-state index >= 15 is 0 Å². The maximum Gasteiger partial charge on any atom is 0.490 e. The van der Waals surface area contributed by atoms with Gasteiger partial charge >= 0.3 is 18.1 Å². The average Bonchev–Trinajstić information content (AvgIpc) is 3.13. The molecule has 0 atom stereocenters. The molecule has 0 aliphatic rings. The highest BCUT2D eigenvalue weighted by Crippen LogP contribution is 2.28. The van der Waals surface area contributed by atoms with Crippen molar-refractivity contribution >= 4 is 33.3 Å². The van der Waals surface area contributed by atoms with Crippen LogP contribution in [0, 0.1) is 34.6 Å². The van der Waals surface area contributed by atoms with Crippen molar-refractivity contribution in [2.75, 3.05) is 23.2 Å². The predicted molar refractivity (Wildman–Crippen MR) is 153 cm³/mol. The molecule has 0 amide bonds. The molecule has 42 heavy (non-hydrogen) atoms. The van der Waals surface area contributed by atoms with E-state index in [1.165, 1.54) is 6.07 Å². The van der Waals surface area contributed by atoms with E-state index in [4.69, 9.17) is 9.90 Å². The largest absolute Gasteiger partial charge is 0.490 e. The fourth-order valence-electron chi connectivity index (χ4n) is 4.70. The van der Waals surface area contributed by atoms with E-state index in [2.05, 4.69) is 9.82 Å². The fourth-order valence-corrected chi connectivity index (χ4v) is 6.21. The van der Waals surface area contributed by atoms with Gasteiger partial charge < -0.3 is 15.1 Å². The lowest BCUT2D eigenvalue weighted by atomic mass is 10.1. The molecule has 3 aromatic rings. The van der Waals surface area contributed by atoms with Gasteiger partial charge in [0.1, 0.15) is 0 Å². The van der Waals surface area contributed by atoms with Crippen molar-refractivity contribution in [3.8, 4) is 0 Å². The molecule has 0 saturated carbocycles.